The highest BCUT2D eigenvalue weighted by atomic mass is 16.4. The molecule has 1 amide bonds. The van der Waals surface area contributed by atoms with E-state index in [4.69, 9.17) is 5.11 Å². The lowest BCUT2D eigenvalue weighted by Gasteiger charge is -2.27. The predicted octanol–water partition coefficient (Wildman–Crippen LogP) is 2.09. The van der Waals surface area contributed by atoms with E-state index in [-0.39, 0.29) is 23.2 Å². The lowest BCUT2D eigenvalue weighted by molar-refractivity contribution is 0.0695. The van der Waals surface area contributed by atoms with Gasteiger partial charge in [-0.2, -0.15) is 0 Å². The molecule has 2 rings (SSSR count). The lowest BCUT2D eigenvalue weighted by Crippen LogP contribution is -2.38. The van der Waals surface area contributed by atoms with Crippen molar-refractivity contribution in [1.82, 2.24) is 10.3 Å². The van der Waals surface area contributed by atoms with Crippen molar-refractivity contribution in [3.63, 3.8) is 0 Å². The lowest BCUT2D eigenvalue weighted by atomic mass is 9.87. The van der Waals surface area contributed by atoms with Crippen molar-refractivity contribution >= 4 is 11.9 Å². The number of hydrogen-bond acceptors (Lipinski definition) is 3. The Labute approximate surface area is 112 Å². The summed E-state index contributed by atoms with van der Waals surface area (Å²) in [5.41, 5.74) is 0.353. The van der Waals surface area contributed by atoms with Gasteiger partial charge in [-0.3, -0.25) is 9.78 Å². The van der Waals surface area contributed by atoms with Crippen LogP contribution in [-0.4, -0.2) is 28.0 Å². The number of pyridine rings is 1. The predicted molar refractivity (Wildman–Crippen MR) is 70.1 cm³/mol. The second-order valence-electron chi connectivity index (χ2n) is 5.18. The minimum Gasteiger partial charge on any atom is -0.478 e. The van der Waals surface area contributed by atoms with E-state index in [1.54, 1.807) is 0 Å². The van der Waals surface area contributed by atoms with Crippen molar-refractivity contribution in [3.05, 3.63) is 29.6 Å². The summed E-state index contributed by atoms with van der Waals surface area (Å²) in [6.07, 6.45) is 5.57. The van der Waals surface area contributed by atoms with Crippen molar-refractivity contribution < 1.29 is 14.7 Å². The number of carbonyl (C=O) groups is 2. The van der Waals surface area contributed by atoms with Gasteiger partial charge in [0, 0.05) is 12.2 Å². The molecule has 5 nitrogen and oxygen atoms in total. The SMILES string of the molecule is CC1CCCC(NC(=O)c2ccc(C(=O)O)cn2)C1. The fraction of sp³-hybridized carbons (Fsp3) is 0.500. The van der Waals surface area contributed by atoms with Crippen molar-refractivity contribution in [2.24, 2.45) is 5.92 Å². The monoisotopic (exact) mass is 262 g/mol. The molecule has 0 bridgehead atoms. The van der Waals surface area contributed by atoms with Crippen LogP contribution < -0.4 is 5.32 Å². The number of hydrogen-bond donors (Lipinski definition) is 2. The van der Waals surface area contributed by atoms with E-state index in [1.807, 2.05) is 0 Å². The van der Waals surface area contributed by atoms with Gasteiger partial charge in [0.1, 0.15) is 5.69 Å². The average Bonchev–Trinajstić information content (AvgIpc) is 2.39. The molecule has 5 heteroatoms. The smallest absolute Gasteiger partial charge is 0.337 e. The van der Waals surface area contributed by atoms with Gasteiger partial charge < -0.3 is 10.4 Å². The van der Waals surface area contributed by atoms with Crippen LogP contribution in [0.2, 0.25) is 0 Å². The maximum Gasteiger partial charge on any atom is 0.337 e. The molecule has 2 N–H and O–H groups in total. The van der Waals surface area contributed by atoms with Crippen LogP contribution in [0.15, 0.2) is 18.3 Å². The number of nitrogens with zero attached hydrogens (tertiary/aromatic N) is 1. The summed E-state index contributed by atoms with van der Waals surface area (Å²) in [7, 11) is 0. The molecule has 1 saturated carbocycles. The van der Waals surface area contributed by atoms with Gasteiger partial charge in [0.15, 0.2) is 0 Å². The minimum atomic E-state index is -1.04. The fourth-order valence-corrected chi connectivity index (χ4v) is 2.48. The molecule has 2 unspecified atom stereocenters. The summed E-state index contributed by atoms with van der Waals surface area (Å²) in [5.74, 6) is -0.627. The maximum atomic E-state index is 12.0. The Balaban J connectivity index is 1.97. The molecule has 0 aliphatic heterocycles. The molecule has 1 aliphatic rings. The topological polar surface area (TPSA) is 79.3 Å². The van der Waals surface area contributed by atoms with E-state index in [0.29, 0.717) is 5.92 Å². The second kappa shape index (κ2) is 5.82. The normalized spacial score (nSPS) is 22.8. The molecule has 1 aromatic rings. The number of aromatic carboxylic acids is 1. The van der Waals surface area contributed by atoms with Crippen molar-refractivity contribution in [3.8, 4) is 0 Å². The Morgan fingerprint density at radius 2 is 2.16 bits per heavy atom. The van der Waals surface area contributed by atoms with Crippen molar-refractivity contribution in [2.75, 3.05) is 0 Å². The Kier molecular flexibility index (Phi) is 4.14. The molecule has 102 valence electrons. The quantitative estimate of drug-likeness (QED) is 0.874. The number of amides is 1. The molecular formula is C14H18N2O3. The minimum absolute atomic E-state index is 0.0860. The molecular weight excluding hydrogens is 244 g/mol. The Morgan fingerprint density at radius 3 is 2.74 bits per heavy atom. The highest BCUT2D eigenvalue weighted by molar-refractivity contribution is 5.93. The van der Waals surface area contributed by atoms with Gasteiger partial charge in [-0.1, -0.05) is 19.8 Å². The van der Waals surface area contributed by atoms with Crippen LogP contribution in [0.25, 0.3) is 0 Å². The molecule has 0 aromatic carbocycles. The third-order valence-electron chi connectivity index (χ3n) is 3.51. The zero-order chi connectivity index (χ0) is 13.8. The number of rotatable bonds is 3. The fourth-order valence-electron chi connectivity index (χ4n) is 2.48. The summed E-state index contributed by atoms with van der Waals surface area (Å²) >= 11 is 0. The zero-order valence-corrected chi connectivity index (χ0v) is 10.9. The number of carbonyl (C=O) groups excluding carboxylic acids is 1. The van der Waals surface area contributed by atoms with Crippen LogP contribution in [0.5, 0.6) is 0 Å². The Morgan fingerprint density at radius 1 is 1.37 bits per heavy atom. The molecule has 2 atom stereocenters. The van der Waals surface area contributed by atoms with Crippen LogP contribution in [0.1, 0.15) is 53.5 Å². The molecule has 19 heavy (non-hydrogen) atoms. The molecule has 1 aromatic heterocycles. The zero-order valence-electron chi connectivity index (χ0n) is 10.9. The van der Waals surface area contributed by atoms with E-state index in [1.165, 1.54) is 24.8 Å². The summed E-state index contributed by atoms with van der Waals surface area (Å²) in [4.78, 5) is 26.6. The number of carboxylic acids is 1. The molecule has 0 spiro atoms. The number of nitrogens with one attached hydrogen (secondary N) is 1. The summed E-state index contributed by atoms with van der Waals surface area (Å²) < 4.78 is 0. The highest BCUT2D eigenvalue weighted by Crippen LogP contribution is 2.23. The van der Waals surface area contributed by atoms with Crippen LogP contribution in [-0.2, 0) is 0 Å². The number of carboxylic acid groups (broad SMARTS) is 1. The van der Waals surface area contributed by atoms with Gasteiger partial charge >= 0.3 is 5.97 Å². The van der Waals surface area contributed by atoms with Crippen molar-refractivity contribution in [1.29, 1.82) is 0 Å². The van der Waals surface area contributed by atoms with Crippen LogP contribution in [0.3, 0.4) is 0 Å². The molecule has 1 heterocycles. The van der Waals surface area contributed by atoms with Crippen LogP contribution in [0.4, 0.5) is 0 Å². The first kappa shape index (κ1) is 13.5. The Hall–Kier alpha value is -1.91. The first-order valence-corrected chi connectivity index (χ1v) is 6.56. The maximum absolute atomic E-state index is 12.0. The highest BCUT2D eigenvalue weighted by Gasteiger charge is 2.21. The van der Waals surface area contributed by atoms with Gasteiger partial charge in [0.05, 0.1) is 5.56 Å². The molecule has 1 fully saturated rings. The standard InChI is InChI=1S/C14H18N2O3/c1-9-3-2-4-11(7-9)16-13(17)12-6-5-10(8-15-12)14(18)19/h5-6,8-9,11H,2-4,7H2,1H3,(H,16,17)(H,18,19). The summed E-state index contributed by atoms with van der Waals surface area (Å²) in [6.45, 7) is 2.19. The third kappa shape index (κ3) is 3.53. The van der Waals surface area contributed by atoms with Crippen LogP contribution >= 0.6 is 0 Å². The van der Waals surface area contributed by atoms with E-state index in [9.17, 15) is 9.59 Å². The van der Waals surface area contributed by atoms with E-state index < -0.39 is 5.97 Å². The van der Waals surface area contributed by atoms with Gasteiger partial charge in [-0.25, -0.2) is 4.79 Å². The first-order valence-electron chi connectivity index (χ1n) is 6.56. The molecule has 0 radical (unpaired) electrons. The van der Waals surface area contributed by atoms with Crippen molar-refractivity contribution in [2.45, 2.75) is 38.6 Å². The largest absolute Gasteiger partial charge is 0.478 e. The number of aromatic nitrogens is 1. The van der Waals surface area contributed by atoms with Gasteiger partial charge in [-0.15, -0.1) is 0 Å². The molecule has 0 saturated heterocycles. The summed E-state index contributed by atoms with van der Waals surface area (Å²) in [5, 5.41) is 11.7. The second-order valence-corrected chi connectivity index (χ2v) is 5.18. The van der Waals surface area contributed by atoms with Gasteiger partial charge in [0.25, 0.3) is 5.91 Å². The Bertz CT molecular complexity index is 470. The van der Waals surface area contributed by atoms with Gasteiger partial charge in [0.2, 0.25) is 0 Å². The molecule has 1 aliphatic carbocycles. The van der Waals surface area contributed by atoms with Gasteiger partial charge in [-0.05, 0) is 30.9 Å². The van der Waals surface area contributed by atoms with E-state index in [2.05, 4.69) is 17.2 Å². The first-order chi connectivity index (χ1) is 9.06. The van der Waals surface area contributed by atoms with E-state index in [0.717, 1.165) is 19.3 Å². The average molecular weight is 262 g/mol. The van der Waals surface area contributed by atoms with Crippen LogP contribution in [0, 0.1) is 5.92 Å². The van der Waals surface area contributed by atoms with E-state index >= 15 is 0 Å². The summed E-state index contributed by atoms with van der Waals surface area (Å²) in [6, 6.07) is 3.05. The third-order valence-corrected chi connectivity index (χ3v) is 3.51.